The molecular weight excluding hydrogens is 304 g/mol. The molecule has 1 saturated heterocycles. The standard InChI is InChI=1S/C15H22N4O2.ClH/c1-10-6-7-17-9-13(10)19-14(20)12-4-2-11(3-5-12)8-18-15(16)21;/h2-5,10,13,17H,6-9H2,1H3,(H,19,20)(H3,16,18,21);1H. The summed E-state index contributed by atoms with van der Waals surface area (Å²) < 4.78 is 0. The minimum Gasteiger partial charge on any atom is -0.352 e. The number of benzene rings is 1. The molecule has 0 saturated carbocycles. The van der Waals surface area contributed by atoms with E-state index in [1.807, 2.05) is 12.1 Å². The van der Waals surface area contributed by atoms with Gasteiger partial charge in [-0.1, -0.05) is 19.1 Å². The maximum atomic E-state index is 12.2. The Balaban J connectivity index is 0.00000242. The largest absolute Gasteiger partial charge is 0.352 e. The van der Waals surface area contributed by atoms with Crippen molar-refractivity contribution in [3.8, 4) is 0 Å². The summed E-state index contributed by atoms with van der Waals surface area (Å²) >= 11 is 0. The number of nitrogens with one attached hydrogen (secondary N) is 3. The fourth-order valence-electron chi connectivity index (χ4n) is 2.40. The maximum absolute atomic E-state index is 12.2. The molecule has 0 spiro atoms. The molecule has 0 aliphatic carbocycles. The molecule has 2 unspecified atom stereocenters. The second-order valence-corrected chi connectivity index (χ2v) is 5.46. The first kappa shape index (κ1) is 18.3. The molecular formula is C15H23ClN4O2. The number of hydrogen-bond donors (Lipinski definition) is 4. The predicted molar refractivity (Wildman–Crippen MR) is 88.0 cm³/mol. The van der Waals surface area contributed by atoms with E-state index < -0.39 is 6.03 Å². The van der Waals surface area contributed by atoms with E-state index in [0.717, 1.165) is 25.1 Å². The average Bonchev–Trinajstić information content (AvgIpc) is 2.48. The van der Waals surface area contributed by atoms with Crippen LogP contribution in [-0.2, 0) is 6.54 Å². The van der Waals surface area contributed by atoms with Gasteiger partial charge in [0, 0.05) is 24.7 Å². The molecule has 5 N–H and O–H groups in total. The topological polar surface area (TPSA) is 96.2 Å². The highest BCUT2D eigenvalue weighted by Gasteiger charge is 2.22. The van der Waals surface area contributed by atoms with Crippen LogP contribution in [0.25, 0.3) is 0 Å². The van der Waals surface area contributed by atoms with E-state index in [2.05, 4.69) is 22.9 Å². The average molecular weight is 327 g/mol. The van der Waals surface area contributed by atoms with Crippen LogP contribution >= 0.6 is 12.4 Å². The van der Waals surface area contributed by atoms with Gasteiger partial charge in [-0.05, 0) is 36.6 Å². The summed E-state index contributed by atoms with van der Waals surface area (Å²) in [7, 11) is 0. The van der Waals surface area contributed by atoms with Crippen LogP contribution in [0.3, 0.4) is 0 Å². The quantitative estimate of drug-likeness (QED) is 0.664. The van der Waals surface area contributed by atoms with Crippen LogP contribution in [0.15, 0.2) is 24.3 Å². The van der Waals surface area contributed by atoms with Crippen molar-refractivity contribution in [2.75, 3.05) is 13.1 Å². The Labute approximate surface area is 136 Å². The lowest BCUT2D eigenvalue weighted by Gasteiger charge is -2.30. The lowest BCUT2D eigenvalue weighted by Crippen LogP contribution is -2.50. The summed E-state index contributed by atoms with van der Waals surface area (Å²) in [6.45, 7) is 4.34. The number of halogens is 1. The van der Waals surface area contributed by atoms with E-state index in [-0.39, 0.29) is 24.4 Å². The van der Waals surface area contributed by atoms with Gasteiger partial charge in [0.2, 0.25) is 0 Å². The number of carbonyl (C=O) groups excluding carboxylic acids is 2. The van der Waals surface area contributed by atoms with Gasteiger partial charge in [-0.15, -0.1) is 12.4 Å². The molecule has 1 aliphatic rings. The molecule has 1 aromatic carbocycles. The van der Waals surface area contributed by atoms with Crippen LogP contribution < -0.4 is 21.7 Å². The molecule has 1 fully saturated rings. The van der Waals surface area contributed by atoms with Gasteiger partial charge in [0.15, 0.2) is 0 Å². The summed E-state index contributed by atoms with van der Waals surface area (Å²) in [6, 6.07) is 6.75. The van der Waals surface area contributed by atoms with Gasteiger partial charge in [-0.2, -0.15) is 0 Å². The third-order valence-corrected chi connectivity index (χ3v) is 3.83. The fourth-order valence-corrected chi connectivity index (χ4v) is 2.40. The Morgan fingerprint density at radius 1 is 1.32 bits per heavy atom. The lowest BCUT2D eigenvalue weighted by atomic mass is 9.94. The zero-order valence-electron chi connectivity index (χ0n) is 12.6. The Morgan fingerprint density at radius 2 is 2.00 bits per heavy atom. The number of rotatable bonds is 4. The smallest absolute Gasteiger partial charge is 0.312 e. The van der Waals surface area contributed by atoms with Crippen molar-refractivity contribution in [1.29, 1.82) is 0 Å². The van der Waals surface area contributed by atoms with Crippen molar-refractivity contribution in [2.24, 2.45) is 11.7 Å². The molecule has 1 aromatic rings. The van der Waals surface area contributed by atoms with E-state index in [1.54, 1.807) is 12.1 Å². The predicted octanol–water partition coefficient (Wildman–Crippen LogP) is 1.00. The molecule has 0 aromatic heterocycles. The Hall–Kier alpha value is -1.79. The summed E-state index contributed by atoms with van der Waals surface area (Å²) in [5.41, 5.74) is 6.54. The minimum absolute atomic E-state index is 0. The monoisotopic (exact) mass is 326 g/mol. The Morgan fingerprint density at radius 3 is 2.59 bits per heavy atom. The first-order chi connectivity index (χ1) is 10.1. The molecule has 6 nitrogen and oxygen atoms in total. The van der Waals surface area contributed by atoms with Gasteiger partial charge < -0.3 is 21.7 Å². The number of piperidine rings is 1. The first-order valence-corrected chi connectivity index (χ1v) is 7.20. The van der Waals surface area contributed by atoms with Gasteiger partial charge in [-0.25, -0.2) is 4.79 Å². The van der Waals surface area contributed by atoms with Crippen LogP contribution in [0.4, 0.5) is 4.79 Å². The Kier molecular flexibility index (Phi) is 7.14. The number of primary amides is 1. The van der Waals surface area contributed by atoms with Gasteiger partial charge in [0.05, 0.1) is 0 Å². The van der Waals surface area contributed by atoms with Gasteiger partial charge in [-0.3, -0.25) is 4.79 Å². The van der Waals surface area contributed by atoms with Crippen molar-refractivity contribution in [2.45, 2.75) is 25.9 Å². The zero-order valence-corrected chi connectivity index (χ0v) is 13.4. The number of hydrogen-bond acceptors (Lipinski definition) is 3. The van der Waals surface area contributed by atoms with E-state index in [1.165, 1.54) is 0 Å². The summed E-state index contributed by atoms with van der Waals surface area (Å²) in [5.74, 6) is 0.416. The van der Waals surface area contributed by atoms with Crippen LogP contribution in [-0.4, -0.2) is 31.1 Å². The summed E-state index contributed by atoms with van der Waals surface area (Å²) in [5, 5.41) is 8.87. The maximum Gasteiger partial charge on any atom is 0.312 e. The number of urea groups is 1. The second-order valence-electron chi connectivity index (χ2n) is 5.46. The van der Waals surface area contributed by atoms with Gasteiger partial charge >= 0.3 is 6.03 Å². The van der Waals surface area contributed by atoms with Crippen LogP contribution in [0.2, 0.25) is 0 Å². The van der Waals surface area contributed by atoms with E-state index in [0.29, 0.717) is 18.0 Å². The van der Waals surface area contributed by atoms with E-state index in [9.17, 15) is 9.59 Å². The van der Waals surface area contributed by atoms with Crippen molar-refractivity contribution >= 4 is 24.3 Å². The summed E-state index contributed by atoms with van der Waals surface area (Å²) in [6.07, 6.45) is 1.07. The third-order valence-electron chi connectivity index (χ3n) is 3.83. The molecule has 122 valence electrons. The molecule has 7 heteroatoms. The van der Waals surface area contributed by atoms with Crippen molar-refractivity contribution in [3.63, 3.8) is 0 Å². The number of carbonyl (C=O) groups is 2. The van der Waals surface area contributed by atoms with E-state index in [4.69, 9.17) is 5.73 Å². The number of amides is 3. The highest BCUT2D eigenvalue weighted by atomic mass is 35.5. The number of nitrogens with two attached hydrogens (primary N) is 1. The van der Waals surface area contributed by atoms with Crippen LogP contribution in [0.5, 0.6) is 0 Å². The first-order valence-electron chi connectivity index (χ1n) is 7.20. The minimum atomic E-state index is -0.560. The molecule has 0 radical (unpaired) electrons. The molecule has 2 rings (SSSR count). The molecule has 0 bridgehead atoms. The molecule has 2 atom stereocenters. The zero-order chi connectivity index (χ0) is 15.2. The second kappa shape index (κ2) is 8.60. The molecule has 1 aliphatic heterocycles. The van der Waals surface area contributed by atoms with Gasteiger partial charge in [0.25, 0.3) is 5.91 Å². The highest BCUT2D eigenvalue weighted by Crippen LogP contribution is 2.12. The van der Waals surface area contributed by atoms with Crippen molar-refractivity contribution < 1.29 is 9.59 Å². The fraction of sp³-hybridized carbons (Fsp3) is 0.467. The molecule has 22 heavy (non-hydrogen) atoms. The van der Waals surface area contributed by atoms with Crippen molar-refractivity contribution in [3.05, 3.63) is 35.4 Å². The van der Waals surface area contributed by atoms with Crippen LogP contribution in [0, 0.1) is 5.92 Å². The molecule has 3 amide bonds. The van der Waals surface area contributed by atoms with Crippen molar-refractivity contribution in [1.82, 2.24) is 16.0 Å². The lowest BCUT2D eigenvalue weighted by molar-refractivity contribution is 0.0915. The summed E-state index contributed by atoms with van der Waals surface area (Å²) in [4.78, 5) is 22.8. The highest BCUT2D eigenvalue weighted by molar-refractivity contribution is 5.94. The molecule has 1 heterocycles. The van der Waals surface area contributed by atoms with Crippen LogP contribution in [0.1, 0.15) is 29.3 Å². The van der Waals surface area contributed by atoms with Gasteiger partial charge in [0.1, 0.15) is 0 Å². The third kappa shape index (κ3) is 5.20. The van der Waals surface area contributed by atoms with E-state index >= 15 is 0 Å². The SMILES string of the molecule is CC1CCNCC1NC(=O)c1ccc(CNC(N)=O)cc1.Cl. The Bertz CT molecular complexity index is 507. The normalized spacial score (nSPS) is 20.6.